The van der Waals surface area contributed by atoms with Crippen LogP contribution in [-0.2, 0) is 12.8 Å². The fourth-order valence-corrected chi connectivity index (χ4v) is 4.59. The number of fused-ring (bicyclic) bond motifs is 3. The van der Waals surface area contributed by atoms with Crippen LogP contribution < -0.4 is 5.73 Å². The molecule has 0 saturated heterocycles. The first kappa shape index (κ1) is 13.9. The van der Waals surface area contributed by atoms with Gasteiger partial charge in [-0.05, 0) is 37.7 Å². The highest BCUT2D eigenvalue weighted by atomic mass is 32.2. The summed E-state index contributed by atoms with van der Waals surface area (Å²) in [6.07, 6.45) is 3.54. The summed E-state index contributed by atoms with van der Waals surface area (Å²) < 4.78 is 0. The number of nitrogens with two attached hydrogens (primary N) is 1. The molecule has 106 valence electrons. The summed E-state index contributed by atoms with van der Waals surface area (Å²) in [5.74, 6) is 2.22. The van der Waals surface area contributed by atoms with E-state index in [1.54, 1.807) is 23.1 Å². The lowest BCUT2D eigenvalue weighted by atomic mass is 9.89. The van der Waals surface area contributed by atoms with E-state index < -0.39 is 0 Å². The molecule has 0 fully saturated rings. The summed E-state index contributed by atoms with van der Waals surface area (Å²) in [5.41, 5.74) is 8.72. The van der Waals surface area contributed by atoms with Crippen LogP contribution in [0.25, 0.3) is 10.2 Å². The minimum absolute atomic E-state index is 0.644. The Morgan fingerprint density at radius 1 is 1.50 bits per heavy atom. The average molecular weight is 305 g/mol. The van der Waals surface area contributed by atoms with Gasteiger partial charge in [0, 0.05) is 10.6 Å². The van der Waals surface area contributed by atoms with Crippen molar-refractivity contribution in [3.05, 3.63) is 22.6 Å². The zero-order chi connectivity index (χ0) is 14.3. The number of aromatic nitrogens is 2. The Balaban J connectivity index is 2.03. The highest BCUT2D eigenvalue weighted by Gasteiger charge is 2.23. The Morgan fingerprint density at radius 2 is 2.30 bits per heavy atom. The number of anilines is 1. The third-order valence-electron chi connectivity index (χ3n) is 3.61. The third-order valence-corrected chi connectivity index (χ3v) is 5.87. The summed E-state index contributed by atoms with van der Waals surface area (Å²) in [4.78, 5) is 11.7. The molecule has 0 spiro atoms. The highest BCUT2D eigenvalue weighted by molar-refractivity contribution is 7.99. The Bertz CT molecular complexity index is 675. The molecule has 3 nitrogen and oxygen atoms in total. The predicted octanol–water partition coefficient (Wildman–Crippen LogP) is 4.07. The van der Waals surface area contributed by atoms with Gasteiger partial charge in [0.2, 0.25) is 0 Å². The van der Waals surface area contributed by atoms with Gasteiger partial charge in [-0.2, -0.15) is 0 Å². The van der Waals surface area contributed by atoms with Crippen molar-refractivity contribution in [1.29, 1.82) is 0 Å². The molecule has 0 aromatic carbocycles. The van der Waals surface area contributed by atoms with E-state index in [-0.39, 0.29) is 0 Å². The van der Waals surface area contributed by atoms with Gasteiger partial charge in [0.1, 0.15) is 10.6 Å². The standard InChI is InChI=1S/C15H19N3S2/c1-8(2)7-19-15-17-13(16)12-10-6-9(3)4-5-11(10)20-14(12)18-15/h9H,1,4-7H2,2-3H3,(H2,16,17,18). The zero-order valence-electron chi connectivity index (χ0n) is 11.9. The number of rotatable bonds is 3. The van der Waals surface area contributed by atoms with Gasteiger partial charge in [0.25, 0.3) is 0 Å². The molecule has 1 atom stereocenters. The molecular weight excluding hydrogens is 286 g/mol. The van der Waals surface area contributed by atoms with Crippen LogP contribution >= 0.6 is 23.1 Å². The molecule has 1 aliphatic carbocycles. The molecule has 20 heavy (non-hydrogen) atoms. The van der Waals surface area contributed by atoms with Crippen molar-refractivity contribution in [1.82, 2.24) is 9.97 Å². The van der Waals surface area contributed by atoms with Crippen LogP contribution in [0.2, 0.25) is 0 Å². The van der Waals surface area contributed by atoms with E-state index in [0.717, 1.165) is 45.5 Å². The minimum atomic E-state index is 0.644. The van der Waals surface area contributed by atoms with Crippen molar-refractivity contribution in [2.75, 3.05) is 11.5 Å². The van der Waals surface area contributed by atoms with E-state index in [9.17, 15) is 0 Å². The topological polar surface area (TPSA) is 51.8 Å². The van der Waals surface area contributed by atoms with Crippen molar-refractivity contribution in [2.45, 2.75) is 38.3 Å². The van der Waals surface area contributed by atoms with Crippen molar-refractivity contribution in [3.63, 3.8) is 0 Å². The molecule has 0 aliphatic heterocycles. The molecular formula is C15H19N3S2. The highest BCUT2D eigenvalue weighted by Crippen LogP contribution is 2.39. The normalized spacial score (nSPS) is 18.2. The summed E-state index contributed by atoms with van der Waals surface area (Å²) in [7, 11) is 0. The monoisotopic (exact) mass is 305 g/mol. The average Bonchev–Trinajstić information content (AvgIpc) is 2.74. The van der Waals surface area contributed by atoms with Crippen LogP contribution in [0, 0.1) is 5.92 Å². The summed E-state index contributed by atoms with van der Waals surface area (Å²) in [6, 6.07) is 0. The Morgan fingerprint density at radius 3 is 3.05 bits per heavy atom. The maximum atomic E-state index is 6.20. The fraction of sp³-hybridized carbons (Fsp3) is 0.467. The number of thiophene rings is 1. The van der Waals surface area contributed by atoms with Gasteiger partial charge in [-0.25, -0.2) is 9.97 Å². The van der Waals surface area contributed by atoms with Crippen molar-refractivity contribution in [3.8, 4) is 0 Å². The second kappa shape index (κ2) is 5.37. The second-order valence-corrected chi connectivity index (χ2v) is 7.70. The maximum absolute atomic E-state index is 6.20. The van der Waals surface area contributed by atoms with E-state index in [2.05, 4.69) is 23.5 Å². The van der Waals surface area contributed by atoms with Crippen LogP contribution in [0.5, 0.6) is 0 Å². The predicted molar refractivity (Wildman–Crippen MR) is 88.6 cm³/mol. The number of thioether (sulfide) groups is 1. The smallest absolute Gasteiger partial charge is 0.191 e. The SMILES string of the molecule is C=C(C)CSc1nc(N)c2c3c(sc2n1)CCC(C)C3. The van der Waals surface area contributed by atoms with E-state index in [0.29, 0.717) is 5.82 Å². The van der Waals surface area contributed by atoms with Gasteiger partial charge < -0.3 is 5.73 Å². The van der Waals surface area contributed by atoms with Crippen molar-refractivity contribution in [2.24, 2.45) is 5.92 Å². The molecule has 2 heterocycles. The fourth-order valence-electron chi connectivity index (χ4n) is 2.61. The van der Waals surface area contributed by atoms with Gasteiger partial charge in [-0.1, -0.05) is 30.8 Å². The largest absolute Gasteiger partial charge is 0.383 e. The first-order chi connectivity index (χ1) is 9.54. The summed E-state index contributed by atoms with van der Waals surface area (Å²) in [5, 5.41) is 1.88. The first-order valence-corrected chi connectivity index (χ1v) is 8.69. The number of aryl methyl sites for hydroxylation is 1. The van der Waals surface area contributed by atoms with Gasteiger partial charge >= 0.3 is 0 Å². The molecule has 5 heteroatoms. The van der Waals surface area contributed by atoms with Crippen LogP contribution in [0.15, 0.2) is 17.3 Å². The minimum Gasteiger partial charge on any atom is -0.383 e. The van der Waals surface area contributed by atoms with Crippen LogP contribution in [0.1, 0.15) is 30.7 Å². The lowest BCUT2D eigenvalue weighted by molar-refractivity contribution is 0.508. The lowest BCUT2D eigenvalue weighted by Gasteiger charge is -2.18. The first-order valence-electron chi connectivity index (χ1n) is 6.89. The number of nitrogen functional groups attached to an aromatic ring is 1. The molecule has 2 aromatic rings. The van der Waals surface area contributed by atoms with Gasteiger partial charge in [-0.15, -0.1) is 11.3 Å². The van der Waals surface area contributed by atoms with E-state index >= 15 is 0 Å². The van der Waals surface area contributed by atoms with Gasteiger partial charge in [-0.3, -0.25) is 0 Å². The second-order valence-electron chi connectivity index (χ2n) is 5.67. The molecule has 0 bridgehead atoms. The third kappa shape index (κ3) is 2.56. The molecule has 2 aromatic heterocycles. The van der Waals surface area contributed by atoms with Crippen molar-refractivity contribution >= 4 is 39.1 Å². The van der Waals surface area contributed by atoms with Crippen LogP contribution in [0.4, 0.5) is 5.82 Å². The van der Waals surface area contributed by atoms with Gasteiger partial charge in [0.05, 0.1) is 5.39 Å². The van der Waals surface area contributed by atoms with Crippen molar-refractivity contribution < 1.29 is 0 Å². The molecule has 0 radical (unpaired) electrons. The summed E-state index contributed by atoms with van der Waals surface area (Å²) >= 11 is 3.41. The molecule has 3 rings (SSSR count). The number of hydrogen-bond acceptors (Lipinski definition) is 5. The number of nitrogens with zero attached hydrogens (tertiary/aromatic N) is 2. The summed E-state index contributed by atoms with van der Waals surface area (Å²) in [6.45, 7) is 8.23. The molecule has 0 amide bonds. The molecule has 2 N–H and O–H groups in total. The number of hydrogen-bond donors (Lipinski definition) is 1. The Kier molecular flexibility index (Phi) is 3.73. The van der Waals surface area contributed by atoms with Gasteiger partial charge in [0.15, 0.2) is 5.16 Å². The molecule has 1 unspecified atom stereocenters. The molecule has 0 saturated carbocycles. The Hall–Kier alpha value is -1.07. The lowest BCUT2D eigenvalue weighted by Crippen LogP contribution is -2.09. The quantitative estimate of drug-likeness (QED) is 0.527. The molecule has 1 aliphatic rings. The van der Waals surface area contributed by atoms with E-state index in [1.807, 2.05) is 6.92 Å². The maximum Gasteiger partial charge on any atom is 0.191 e. The van der Waals surface area contributed by atoms with E-state index in [1.165, 1.54) is 16.9 Å². The van der Waals surface area contributed by atoms with Crippen LogP contribution in [-0.4, -0.2) is 15.7 Å². The Labute approximate surface area is 127 Å². The van der Waals surface area contributed by atoms with E-state index in [4.69, 9.17) is 5.73 Å². The zero-order valence-corrected chi connectivity index (χ0v) is 13.5. The van der Waals surface area contributed by atoms with Crippen LogP contribution in [0.3, 0.4) is 0 Å².